The number of amides is 1. The van der Waals surface area contributed by atoms with Gasteiger partial charge in [0.1, 0.15) is 0 Å². The van der Waals surface area contributed by atoms with Crippen LogP contribution < -0.4 is 10.6 Å². The van der Waals surface area contributed by atoms with Crippen LogP contribution in [0.1, 0.15) is 48.6 Å². The lowest BCUT2D eigenvalue weighted by atomic mass is 9.88. The van der Waals surface area contributed by atoms with Gasteiger partial charge in [0.25, 0.3) is 0 Å². The minimum atomic E-state index is -4.93. The molecule has 0 aliphatic carbocycles. The predicted octanol–water partition coefficient (Wildman–Crippen LogP) is 5.20. The Labute approximate surface area is 187 Å². The third-order valence-corrected chi connectivity index (χ3v) is 5.67. The van der Waals surface area contributed by atoms with Gasteiger partial charge in [-0.15, -0.1) is 0 Å². The summed E-state index contributed by atoms with van der Waals surface area (Å²) >= 11 is 0. The third kappa shape index (κ3) is 6.05. The highest BCUT2D eigenvalue weighted by atomic mass is 19.4. The molecule has 180 valence electrons. The molecular formula is C23H24F6N2O2. The van der Waals surface area contributed by atoms with E-state index in [0.717, 1.165) is 5.56 Å². The van der Waals surface area contributed by atoms with Gasteiger partial charge in [-0.25, -0.2) is 0 Å². The van der Waals surface area contributed by atoms with E-state index >= 15 is 0 Å². The van der Waals surface area contributed by atoms with Gasteiger partial charge in [0, 0.05) is 19.5 Å². The second kappa shape index (κ2) is 9.34. The van der Waals surface area contributed by atoms with E-state index in [4.69, 9.17) is 4.74 Å². The fourth-order valence-electron chi connectivity index (χ4n) is 4.02. The van der Waals surface area contributed by atoms with Crippen molar-refractivity contribution in [1.82, 2.24) is 10.6 Å². The molecule has 0 bridgehead atoms. The molecule has 1 fully saturated rings. The van der Waals surface area contributed by atoms with Crippen LogP contribution >= 0.6 is 0 Å². The van der Waals surface area contributed by atoms with Gasteiger partial charge in [-0.2, -0.15) is 26.3 Å². The van der Waals surface area contributed by atoms with Crippen LogP contribution in [-0.4, -0.2) is 25.1 Å². The SMILES string of the molecule is CC(=O)NC1CNC(COC(C)c2cc(C(F)(F)F)cc(C(F)(F)F)c2)(c2ccccc2)C1. The van der Waals surface area contributed by atoms with Gasteiger partial charge in [0.2, 0.25) is 5.91 Å². The number of halogens is 6. The van der Waals surface area contributed by atoms with Gasteiger partial charge in [-0.05, 0) is 42.7 Å². The molecule has 2 N–H and O–H groups in total. The van der Waals surface area contributed by atoms with Crippen LogP contribution in [-0.2, 0) is 27.4 Å². The lowest BCUT2D eigenvalue weighted by Gasteiger charge is -2.32. The van der Waals surface area contributed by atoms with Gasteiger partial charge >= 0.3 is 12.4 Å². The Morgan fingerprint density at radius 2 is 1.67 bits per heavy atom. The Bertz CT molecular complexity index is 945. The maximum Gasteiger partial charge on any atom is 0.416 e. The molecule has 2 aromatic carbocycles. The van der Waals surface area contributed by atoms with E-state index in [9.17, 15) is 31.1 Å². The maximum absolute atomic E-state index is 13.2. The Morgan fingerprint density at radius 1 is 1.09 bits per heavy atom. The molecule has 1 heterocycles. The predicted molar refractivity (Wildman–Crippen MR) is 109 cm³/mol. The number of ether oxygens (including phenoxy) is 1. The van der Waals surface area contributed by atoms with Crippen molar-refractivity contribution >= 4 is 5.91 Å². The first-order valence-corrected chi connectivity index (χ1v) is 10.3. The van der Waals surface area contributed by atoms with Crippen LogP contribution in [0.3, 0.4) is 0 Å². The van der Waals surface area contributed by atoms with E-state index in [-0.39, 0.29) is 30.2 Å². The second-order valence-corrected chi connectivity index (χ2v) is 8.22. The molecule has 33 heavy (non-hydrogen) atoms. The van der Waals surface area contributed by atoms with E-state index in [0.29, 0.717) is 25.1 Å². The van der Waals surface area contributed by atoms with Crippen molar-refractivity contribution in [2.75, 3.05) is 13.2 Å². The van der Waals surface area contributed by atoms with E-state index in [1.807, 2.05) is 30.3 Å². The molecule has 1 aliphatic heterocycles. The van der Waals surface area contributed by atoms with Crippen LogP contribution in [0.5, 0.6) is 0 Å². The summed E-state index contributed by atoms with van der Waals surface area (Å²) in [5, 5.41) is 6.15. The van der Waals surface area contributed by atoms with Crippen LogP contribution in [0, 0.1) is 0 Å². The van der Waals surface area contributed by atoms with E-state index in [1.165, 1.54) is 13.8 Å². The molecule has 3 atom stereocenters. The number of hydrogen-bond acceptors (Lipinski definition) is 3. The number of carbonyl (C=O) groups excluding carboxylic acids is 1. The summed E-state index contributed by atoms with van der Waals surface area (Å²) < 4.78 is 85.1. The quantitative estimate of drug-likeness (QED) is 0.567. The van der Waals surface area contributed by atoms with Gasteiger partial charge in [0.05, 0.1) is 29.4 Å². The number of benzene rings is 2. The van der Waals surface area contributed by atoms with Crippen LogP contribution in [0.15, 0.2) is 48.5 Å². The second-order valence-electron chi connectivity index (χ2n) is 8.22. The molecule has 0 spiro atoms. The van der Waals surface area contributed by atoms with Gasteiger partial charge in [0.15, 0.2) is 0 Å². The summed E-state index contributed by atoms with van der Waals surface area (Å²) in [6.45, 7) is 3.22. The molecule has 4 nitrogen and oxygen atoms in total. The van der Waals surface area contributed by atoms with E-state index in [1.54, 1.807) is 0 Å². The van der Waals surface area contributed by atoms with Crippen molar-refractivity contribution in [2.45, 2.75) is 50.3 Å². The molecule has 1 aliphatic rings. The van der Waals surface area contributed by atoms with Crippen molar-refractivity contribution in [3.05, 3.63) is 70.8 Å². The molecule has 0 radical (unpaired) electrons. The van der Waals surface area contributed by atoms with Gasteiger partial charge in [-0.3, -0.25) is 4.79 Å². The van der Waals surface area contributed by atoms with Gasteiger partial charge in [-0.1, -0.05) is 30.3 Å². The standard InChI is InChI=1S/C23H24F6N2O2/c1-14(16-8-18(22(24,25)26)10-19(9-16)23(27,28)29)33-13-21(17-6-4-3-5-7-17)11-20(12-30-21)31-15(2)32/h3-10,14,20,30H,11-13H2,1-2H3,(H,31,32). The Kier molecular flexibility index (Phi) is 7.09. The molecule has 0 saturated carbocycles. The number of alkyl halides is 6. The lowest BCUT2D eigenvalue weighted by molar-refractivity contribution is -0.143. The lowest BCUT2D eigenvalue weighted by Crippen LogP contribution is -2.41. The first kappa shape index (κ1) is 25.0. The monoisotopic (exact) mass is 474 g/mol. The molecule has 2 aromatic rings. The Balaban J connectivity index is 1.87. The largest absolute Gasteiger partial charge is 0.416 e. The summed E-state index contributed by atoms with van der Waals surface area (Å²) in [4.78, 5) is 11.5. The molecular weight excluding hydrogens is 450 g/mol. The maximum atomic E-state index is 13.2. The molecule has 3 unspecified atom stereocenters. The topological polar surface area (TPSA) is 50.4 Å². The van der Waals surface area contributed by atoms with Crippen LogP contribution in [0.2, 0.25) is 0 Å². The summed E-state index contributed by atoms with van der Waals surface area (Å²) in [5.41, 5.74) is -2.92. The minimum absolute atomic E-state index is 0.0220. The fourth-order valence-corrected chi connectivity index (χ4v) is 4.02. The normalized spacial score (nSPS) is 22.2. The summed E-state index contributed by atoms with van der Waals surface area (Å²) in [7, 11) is 0. The number of carbonyl (C=O) groups is 1. The zero-order chi connectivity index (χ0) is 24.4. The summed E-state index contributed by atoms with van der Waals surface area (Å²) in [5.74, 6) is -0.205. The van der Waals surface area contributed by atoms with Crippen molar-refractivity contribution in [1.29, 1.82) is 0 Å². The van der Waals surface area contributed by atoms with Crippen molar-refractivity contribution in [3.8, 4) is 0 Å². The molecule has 1 amide bonds. The molecule has 0 aromatic heterocycles. The number of hydrogen-bond donors (Lipinski definition) is 2. The Morgan fingerprint density at radius 3 is 2.18 bits per heavy atom. The zero-order valence-corrected chi connectivity index (χ0v) is 18.0. The van der Waals surface area contributed by atoms with E-state index in [2.05, 4.69) is 10.6 Å². The van der Waals surface area contributed by atoms with Crippen molar-refractivity contribution < 1.29 is 35.9 Å². The van der Waals surface area contributed by atoms with Crippen molar-refractivity contribution in [2.24, 2.45) is 0 Å². The number of nitrogens with one attached hydrogen (secondary N) is 2. The highest BCUT2D eigenvalue weighted by Gasteiger charge is 2.42. The zero-order valence-electron chi connectivity index (χ0n) is 18.0. The molecule has 3 rings (SSSR count). The first-order chi connectivity index (χ1) is 15.3. The van der Waals surface area contributed by atoms with Gasteiger partial charge < -0.3 is 15.4 Å². The number of rotatable bonds is 6. The first-order valence-electron chi connectivity index (χ1n) is 10.3. The van der Waals surface area contributed by atoms with Crippen LogP contribution in [0.4, 0.5) is 26.3 Å². The third-order valence-electron chi connectivity index (χ3n) is 5.67. The van der Waals surface area contributed by atoms with E-state index < -0.39 is 35.1 Å². The summed E-state index contributed by atoms with van der Waals surface area (Å²) in [6, 6.07) is 10.4. The highest BCUT2D eigenvalue weighted by molar-refractivity contribution is 5.73. The minimum Gasteiger partial charge on any atom is -0.372 e. The fraction of sp³-hybridized carbons (Fsp3) is 0.435. The molecule has 10 heteroatoms. The average molecular weight is 474 g/mol. The average Bonchev–Trinajstić information content (AvgIpc) is 3.14. The van der Waals surface area contributed by atoms with Crippen molar-refractivity contribution in [3.63, 3.8) is 0 Å². The highest BCUT2D eigenvalue weighted by Crippen LogP contribution is 2.39. The van der Waals surface area contributed by atoms with Crippen LogP contribution in [0.25, 0.3) is 0 Å². The summed E-state index contributed by atoms with van der Waals surface area (Å²) in [6.07, 6.45) is -10.5. The molecule has 1 saturated heterocycles. The smallest absolute Gasteiger partial charge is 0.372 e. The Hall–Kier alpha value is -2.59.